The van der Waals surface area contributed by atoms with Gasteiger partial charge in [0.1, 0.15) is 5.15 Å². The zero-order valence-corrected chi connectivity index (χ0v) is 11.3. The van der Waals surface area contributed by atoms with Crippen LogP contribution in [0.15, 0.2) is 35.0 Å². The molecule has 0 bridgehead atoms. The topological polar surface area (TPSA) is 55.1 Å². The van der Waals surface area contributed by atoms with Gasteiger partial charge in [0.2, 0.25) is 5.65 Å². The van der Waals surface area contributed by atoms with Crippen molar-refractivity contribution in [2.45, 2.75) is 13.0 Å². The first-order valence-electron chi connectivity index (χ1n) is 6.39. The van der Waals surface area contributed by atoms with Gasteiger partial charge < -0.3 is 9.32 Å². The molecule has 0 amide bonds. The lowest BCUT2D eigenvalue weighted by atomic mass is 10.0. The maximum absolute atomic E-state index is 5.87. The van der Waals surface area contributed by atoms with Crippen LogP contribution in [0.1, 0.15) is 11.1 Å². The van der Waals surface area contributed by atoms with E-state index in [1.165, 1.54) is 11.1 Å². The van der Waals surface area contributed by atoms with Crippen molar-refractivity contribution < 1.29 is 4.42 Å². The third-order valence-electron chi connectivity index (χ3n) is 3.50. The van der Waals surface area contributed by atoms with Gasteiger partial charge in [0.05, 0.1) is 0 Å². The molecular weight excluding hydrogens is 276 g/mol. The molecule has 0 fully saturated rings. The number of oxazole rings is 1. The van der Waals surface area contributed by atoms with E-state index in [1.54, 1.807) is 12.1 Å². The first-order chi connectivity index (χ1) is 9.79. The molecule has 3 aromatic rings. The zero-order valence-electron chi connectivity index (χ0n) is 10.6. The lowest BCUT2D eigenvalue weighted by Crippen LogP contribution is -2.30. The molecule has 3 aromatic heterocycles. The molecule has 4 heterocycles. The second-order valence-electron chi connectivity index (χ2n) is 4.77. The molecule has 0 spiro atoms. The molecule has 6 heteroatoms. The number of anilines is 1. The highest BCUT2D eigenvalue weighted by atomic mass is 35.5. The minimum absolute atomic E-state index is 0.422. The molecule has 5 nitrogen and oxygen atoms in total. The van der Waals surface area contributed by atoms with Crippen molar-refractivity contribution >= 4 is 28.8 Å². The summed E-state index contributed by atoms with van der Waals surface area (Å²) in [5.74, 6) is 0. The maximum Gasteiger partial charge on any atom is 0.300 e. The molecule has 0 saturated carbocycles. The number of fused-ring (bicyclic) bond motifs is 2. The predicted octanol–water partition coefficient (Wildman–Crippen LogP) is 2.83. The molecular formula is C14H11ClN4O. The number of halogens is 1. The van der Waals surface area contributed by atoms with Crippen LogP contribution >= 0.6 is 11.6 Å². The highest BCUT2D eigenvalue weighted by molar-refractivity contribution is 6.29. The van der Waals surface area contributed by atoms with Gasteiger partial charge in [-0.25, -0.2) is 4.98 Å². The summed E-state index contributed by atoms with van der Waals surface area (Å²) >= 11 is 5.87. The molecule has 0 atom stereocenters. The summed E-state index contributed by atoms with van der Waals surface area (Å²) in [6.07, 6.45) is 4.70. The Balaban J connectivity index is 1.70. The van der Waals surface area contributed by atoms with Crippen molar-refractivity contribution in [2.75, 3.05) is 11.4 Å². The van der Waals surface area contributed by atoms with Crippen LogP contribution in [0.5, 0.6) is 0 Å². The third-order valence-corrected chi connectivity index (χ3v) is 3.71. The van der Waals surface area contributed by atoms with Gasteiger partial charge >= 0.3 is 0 Å². The molecule has 0 aromatic carbocycles. The van der Waals surface area contributed by atoms with Crippen LogP contribution in [0.25, 0.3) is 11.2 Å². The molecule has 0 aliphatic carbocycles. The standard InChI is InChI=1S/C14H11ClN4O/c15-12-2-1-11-13(17-12)18-14(20-11)19-6-4-9-3-5-16-7-10(9)8-19/h1-3,5,7H,4,6,8H2. The highest BCUT2D eigenvalue weighted by Gasteiger charge is 2.21. The number of hydrogen-bond acceptors (Lipinski definition) is 5. The second-order valence-corrected chi connectivity index (χ2v) is 5.16. The quantitative estimate of drug-likeness (QED) is 0.644. The summed E-state index contributed by atoms with van der Waals surface area (Å²) in [6.45, 7) is 1.63. The first-order valence-corrected chi connectivity index (χ1v) is 6.77. The van der Waals surface area contributed by atoms with E-state index in [-0.39, 0.29) is 0 Å². The van der Waals surface area contributed by atoms with Crippen molar-refractivity contribution in [3.05, 3.63) is 46.9 Å². The predicted molar refractivity (Wildman–Crippen MR) is 75.8 cm³/mol. The van der Waals surface area contributed by atoms with Crippen molar-refractivity contribution in [1.82, 2.24) is 15.0 Å². The smallest absolute Gasteiger partial charge is 0.300 e. The molecule has 1 aliphatic heterocycles. The van der Waals surface area contributed by atoms with Gasteiger partial charge in [-0.1, -0.05) is 11.6 Å². The zero-order chi connectivity index (χ0) is 13.5. The van der Waals surface area contributed by atoms with E-state index in [2.05, 4.69) is 25.9 Å². The first kappa shape index (κ1) is 11.7. The molecule has 0 saturated heterocycles. The number of hydrogen-bond donors (Lipinski definition) is 0. The van der Waals surface area contributed by atoms with Crippen LogP contribution in [0.4, 0.5) is 6.01 Å². The van der Waals surface area contributed by atoms with Crippen LogP contribution in [0.2, 0.25) is 5.15 Å². The van der Waals surface area contributed by atoms with Gasteiger partial charge in [-0.3, -0.25) is 4.98 Å². The van der Waals surface area contributed by atoms with Gasteiger partial charge in [0.25, 0.3) is 6.01 Å². The average Bonchev–Trinajstić information content (AvgIpc) is 2.89. The number of rotatable bonds is 1. The Labute approximate surface area is 120 Å². The summed E-state index contributed by atoms with van der Waals surface area (Å²) in [4.78, 5) is 14.8. The van der Waals surface area contributed by atoms with E-state index in [0.717, 1.165) is 19.5 Å². The summed E-state index contributed by atoms with van der Waals surface area (Å²) in [7, 11) is 0. The Kier molecular flexibility index (Phi) is 2.60. The molecule has 0 radical (unpaired) electrons. The molecule has 1 aliphatic rings. The van der Waals surface area contributed by atoms with E-state index in [0.29, 0.717) is 22.4 Å². The fraction of sp³-hybridized carbons (Fsp3) is 0.214. The molecule has 0 unspecified atom stereocenters. The lowest BCUT2D eigenvalue weighted by molar-refractivity contribution is 0.554. The summed E-state index contributed by atoms with van der Waals surface area (Å²) in [6, 6.07) is 6.15. The van der Waals surface area contributed by atoms with E-state index in [4.69, 9.17) is 16.0 Å². The lowest BCUT2D eigenvalue weighted by Gasteiger charge is -2.26. The van der Waals surface area contributed by atoms with E-state index in [9.17, 15) is 0 Å². The summed E-state index contributed by atoms with van der Waals surface area (Å²) < 4.78 is 5.75. The Morgan fingerprint density at radius 2 is 2.10 bits per heavy atom. The van der Waals surface area contributed by atoms with Gasteiger partial charge in [-0.05, 0) is 35.7 Å². The maximum atomic E-state index is 5.87. The molecule has 20 heavy (non-hydrogen) atoms. The minimum Gasteiger partial charge on any atom is -0.422 e. The van der Waals surface area contributed by atoms with Gasteiger partial charge in [0.15, 0.2) is 5.58 Å². The summed E-state index contributed by atoms with van der Waals surface area (Å²) in [5.41, 5.74) is 3.76. The van der Waals surface area contributed by atoms with Crippen LogP contribution < -0.4 is 4.90 Å². The molecule has 4 rings (SSSR count). The second kappa shape index (κ2) is 4.45. The monoisotopic (exact) mass is 286 g/mol. The van der Waals surface area contributed by atoms with Gasteiger partial charge in [-0.15, -0.1) is 0 Å². The van der Waals surface area contributed by atoms with Crippen LogP contribution in [-0.2, 0) is 13.0 Å². The highest BCUT2D eigenvalue weighted by Crippen LogP contribution is 2.26. The van der Waals surface area contributed by atoms with Crippen molar-refractivity contribution in [1.29, 1.82) is 0 Å². The molecule has 100 valence electrons. The van der Waals surface area contributed by atoms with E-state index < -0.39 is 0 Å². The van der Waals surface area contributed by atoms with Gasteiger partial charge in [0, 0.05) is 25.5 Å². The Hall–Kier alpha value is -2.14. The molecule has 0 N–H and O–H groups in total. The Morgan fingerprint density at radius 1 is 1.15 bits per heavy atom. The van der Waals surface area contributed by atoms with Crippen LogP contribution in [0, 0.1) is 0 Å². The van der Waals surface area contributed by atoms with Crippen molar-refractivity contribution in [3.63, 3.8) is 0 Å². The fourth-order valence-electron chi connectivity index (χ4n) is 2.46. The van der Waals surface area contributed by atoms with Gasteiger partial charge in [-0.2, -0.15) is 4.98 Å². The summed E-state index contributed by atoms with van der Waals surface area (Å²) in [5, 5.41) is 0.422. The number of aromatic nitrogens is 3. The van der Waals surface area contributed by atoms with E-state index >= 15 is 0 Å². The number of pyridine rings is 2. The number of nitrogens with zero attached hydrogens (tertiary/aromatic N) is 4. The largest absolute Gasteiger partial charge is 0.422 e. The SMILES string of the molecule is Clc1ccc2oc(N3CCc4ccncc4C3)nc2n1. The third kappa shape index (κ3) is 1.91. The van der Waals surface area contributed by atoms with Crippen LogP contribution in [0.3, 0.4) is 0 Å². The van der Waals surface area contributed by atoms with Crippen molar-refractivity contribution in [2.24, 2.45) is 0 Å². The van der Waals surface area contributed by atoms with E-state index in [1.807, 2.05) is 12.4 Å². The van der Waals surface area contributed by atoms with Crippen LogP contribution in [-0.4, -0.2) is 21.5 Å². The Morgan fingerprint density at radius 3 is 3.05 bits per heavy atom. The minimum atomic E-state index is 0.422. The average molecular weight is 287 g/mol. The Bertz CT molecular complexity index is 786. The fourth-order valence-corrected chi connectivity index (χ4v) is 2.61. The van der Waals surface area contributed by atoms with Crippen molar-refractivity contribution in [3.8, 4) is 0 Å². The normalized spacial score (nSPS) is 14.6.